The van der Waals surface area contributed by atoms with Crippen molar-refractivity contribution in [1.82, 2.24) is 20.0 Å². The van der Waals surface area contributed by atoms with Gasteiger partial charge in [-0.3, -0.25) is 33.7 Å². The third-order valence-electron chi connectivity index (χ3n) is 11.6. The Bertz CT molecular complexity index is 1480. The number of carbonyl (C=O) groups is 6. The summed E-state index contributed by atoms with van der Waals surface area (Å²) < 4.78 is 11.9. The first-order valence-electron chi connectivity index (χ1n) is 19.7. The lowest BCUT2D eigenvalue weighted by atomic mass is 9.84. The first-order chi connectivity index (χ1) is 26.2. The van der Waals surface area contributed by atoms with Crippen LogP contribution in [-0.2, 0) is 44.8 Å². The van der Waals surface area contributed by atoms with Gasteiger partial charge in [-0.2, -0.15) is 0 Å². The SMILES string of the molecule is CCC(C)C(C(CC(=O)N1CCCC1C(OC)C(C)[C@@H](C)C(=O)N(C)c1ccc(CNC(=O)CCCCCN2C(=O)C=CC2=O)cc1)OC)N(C)C(=O)CN. The van der Waals surface area contributed by atoms with Crippen molar-refractivity contribution < 1.29 is 38.2 Å². The van der Waals surface area contributed by atoms with Gasteiger partial charge in [0.2, 0.25) is 23.6 Å². The molecule has 306 valence electrons. The van der Waals surface area contributed by atoms with Gasteiger partial charge in [0.1, 0.15) is 0 Å². The third kappa shape index (κ3) is 11.9. The predicted molar refractivity (Wildman–Crippen MR) is 210 cm³/mol. The largest absolute Gasteiger partial charge is 0.379 e. The Morgan fingerprint density at radius 3 is 2.20 bits per heavy atom. The van der Waals surface area contributed by atoms with Crippen molar-refractivity contribution in [2.75, 3.05) is 52.8 Å². The van der Waals surface area contributed by atoms with E-state index in [9.17, 15) is 28.8 Å². The van der Waals surface area contributed by atoms with Crippen LogP contribution in [-0.4, -0.2) is 122 Å². The van der Waals surface area contributed by atoms with E-state index in [0.29, 0.717) is 38.9 Å². The number of methoxy groups -OCH3 is 2. The van der Waals surface area contributed by atoms with Gasteiger partial charge in [0.05, 0.1) is 37.3 Å². The molecular formula is C41H64N6O8. The Balaban J connectivity index is 1.54. The molecule has 6 unspecified atom stereocenters. The van der Waals surface area contributed by atoms with Crippen LogP contribution in [0, 0.1) is 17.8 Å². The molecule has 3 N–H and O–H groups in total. The molecule has 14 heteroatoms. The highest BCUT2D eigenvalue weighted by atomic mass is 16.5. The van der Waals surface area contributed by atoms with Crippen molar-refractivity contribution >= 4 is 41.1 Å². The second kappa shape index (κ2) is 21.8. The van der Waals surface area contributed by atoms with Crippen LogP contribution >= 0.6 is 0 Å². The van der Waals surface area contributed by atoms with Gasteiger partial charge >= 0.3 is 0 Å². The van der Waals surface area contributed by atoms with Crippen molar-refractivity contribution in [3.05, 3.63) is 42.0 Å². The Morgan fingerprint density at radius 2 is 1.62 bits per heavy atom. The van der Waals surface area contributed by atoms with Crippen LogP contribution in [0.1, 0.15) is 84.6 Å². The van der Waals surface area contributed by atoms with Crippen LogP contribution in [0.4, 0.5) is 5.69 Å². The average Bonchev–Trinajstić information content (AvgIpc) is 3.81. The molecular weight excluding hydrogens is 704 g/mol. The highest BCUT2D eigenvalue weighted by molar-refractivity contribution is 6.12. The fourth-order valence-electron chi connectivity index (χ4n) is 7.80. The number of anilines is 1. The van der Waals surface area contributed by atoms with E-state index in [1.54, 1.807) is 38.1 Å². The quantitative estimate of drug-likeness (QED) is 0.133. The van der Waals surface area contributed by atoms with E-state index in [1.165, 1.54) is 17.1 Å². The van der Waals surface area contributed by atoms with Gasteiger partial charge in [-0.25, -0.2) is 0 Å². The normalized spacial score (nSPS) is 18.8. The van der Waals surface area contributed by atoms with Crippen LogP contribution in [0.15, 0.2) is 36.4 Å². The topological polar surface area (TPSA) is 172 Å². The van der Waals surface area contributed by atoms with E-state index in [0.717, 1.165) is 36.9 Å². The van der Waals surface area contributed by atoms with Gasteiger partial charge in [0.15, 0.2) is 0 Å². The van der Waals surface area contributed by atoms with E-state index in [2.05, 4.69) is 5.32 Å². The van der Waals surface area contributed by atoms with E-state index in [1.807, 2.05) is 56.9 Å². The number of rotatable bonds is 22. The van der Waals surface area contributed by atoms with Crippen molar-refractivity contribution in [1.29, 1.82) is 0 Å². The summed E-state index contributed by atoms with van der Waals surface area (Å²) >= 11 is 0. The van der Waals surface area contributed by atoms with E-state index >= 15 is 0 Å². The first kappa shape index (κ1) is 45.3. The number of hydrogen-bond donors (Lipinski definition) is 2. The molecule has 3 rings (SSSR count). The van der Waals surface area contributed by atoms with Crippen molar-refractivity contribution in [3.8, 4) is 0 Å². The highest BCUT2D eigenvalue weighted by Crippen LogP contribution is 2.32. The fourth-order valence-corrected chi connectivity index (χ4v) is 7.80. The first-order valence-corrected chi connectivity index (χ1v) is 19.7. The maximum absolute atomic E-state index is 13.9. The van der Waals surface area contributed by atoms with Gasteiger partial charge < -0.3 is 35.2 Å². The number of carbonyl (C=O) groups excluding carboxylic acids is 6. The molecule has 1 aromatic carbocycles. The molecule has 0 aromatic heterocycles. The summed E-state index contributed by atoms with van der Waals surface area (Å²) in [5.41, 5.74) is 7.29. The molecule has 0 saturated carbocycles. The number of benzene rings is 1. The minimum atomic E-state index is -0.512. The Morgan fingerprint density at radius 1 is 0.964 bits per heavy atom. The molecule has 1 saturated heterocycles. The summed E-state index contributed by atoms with van der Waals surface area (Å²) in [5, 5.41) is 2.93. The predicted octanol–water partition coefficient (Wildman–Crippen LogP) is 3.27. The van der Waals surface area contributed by atoms with Crippen LogP contribution < -0.4 is 16.0 Å². The third-order valence-corrected chi connectivity index (χ3v) is 11.6. The molecule has 2 aliphatic heterocycles. The number of imide groups is 1. The van der Waals surface area contributed by atoms with Gasteiger partial charge in [-0.1, -0.05) is 52.7 Å². The summed E-state index contributed by atoms with van der Waals surface area (Å²) in [4.78, 5) is 82.3. The smallest absolute Gasteiger partial charge is 0.253 e. The van der Waals surface area contributed by atoms with Crippen LogP contribution in [0.2, 0.25) is 0 Å². The lowest BCUT2D eigenvalue weighted by Crippen LogP contribution is -2.53. The number of unbranched alkanes of at least 4 members (excludes halogenated alkanes) is 2. The molecule has 1 aromatic rings. The van der Waals surface area contributed by atoms with Gasteiger partial charge in [-0.05, 0) is 55.2 Å². The molecule has 0 spiro atoms. The molecule has 6 amide bonds. The van der Waals surface area contributed by atoms with Gasteiger partial charge in [-0.15, -0.1) is 0 Å². The molecule has 0 radical (unpaired) electrons. The van der Waals surface area contributed by atoms with Crippen LogP contribution in [0.5, 0.6) is 0 Å². The summed E-state index contributed by atoms with van der Waals surface area (Å²) in [6, 6.07) is 6.95. The second-order valence-electron chi connectivity index (χ2n) is 15.0. The molecule has 0 bridgehead atoms. The van der Waals surface area contributed by atoms with E-state index < -0.39 is 12.0 Å². The molecule has 55 heavy (non-hydrogen) atoms. The standard InChI is InChI=1S/C41H64N6O8/c1-9-27(2)39(45(6)38(52)25-42)33(54-7)24-37(51)46-23-13-14-32(46)40(55-8)28(3)29(4)41(53)44(5)31-18-16-30(17-19-31)26-43-34(48)15-11-10-12-22-47-35(49)20-21-36(47)50/h16-21,27-29,32-33,39-40H,9-15,22-26,42H2,1-8H3,(H,43,48)/t27?,28?,29-,32?,33?,39?,40?/m1/s1. The van der Waals surface area contributed by atoms with Crippen LogP contribution in [0.25, 0.3) is 0 Å². The Hall–Kier alpha value is -4.14. The lowest BCUT2D eigenvalue weighted by Gasteiger charge is -2.40. The van der Waals surface area contributed by atoms with E-state index in [-0.39, 0.29) is 78.4 Å². The number of nitrogens with one attached hydrogen (secondary N) is 1. The number of ether oxygens (including phenoxy) is 2. The summed E-state index contributed by atoms with van der Waals surface area (Å²) in [7, 11) is 6.66. The van der Waals surface area contributed by atoms with Crippen molar-refractivity contribution in [2.24, 2.45) is 23.5 Å². The molecule has 7 atom stereocenters. The summed E-state index contributed by atoms with van der Waals surface area (Å²) in [5.74, 6) is -1.56. The zero-order valence-electron chi connectivity index (χ0n) is 34.1. The monoisotopic (exact) mass is 768 g/mol. The van der Waals surface area contributed by atoms with E-state index in [4.69, 9.17) is 15.2 Å². The molecule has 1 fully saturated rings. The molecule has 14 nitrogen and oxygen atoms in total. The number of hydrogen-bond acceptors (Lipinski definition) is 9. The number of likely N-dealkylation sites (tertiary alicyclic amines) is 1. The molecule has 2 heterocycles. The van der Waals surface area contributed by atoms with Gasteiger partial charge in [0, 0.05) is 78.1 Å². The highest BCUT2D eigenvalue weighted by Gasteiger charge is 2.42. The Kier molecular flexibility index (Phi) is 18.0. The molecule has 0 aliphatic carbocycles. The number of nitrogens with zero attached hydrogens (tertiary/aromatic N) is 4. The summed E-state index contributed by atoms with van der Waals surface area (Å²) in [6.07, 6.45) is 6.51. The minimum absolute atomic E-state index is 0.0683. The lowest BCUT2D eigenvalue weighted by molar-refractivity contribution is -0.144. The second-order valence-corrected chi connectivity index (χ2v) is 15.0. The minimum Gasteiger partial charge on any atom is -0.379 e. The number of likely N-dealkylation sites (N-methyl/N-ethyl adjacent to an activating group) is 1. The van der Waals surface area contributed by atoms with Crippen molar-refractivity contribution in [2.45, 2.75) is 110 Å². The molecule has 2 aliphatic rings. The average molecular weight is 769 g/mol. The zero-order chi connectivity index (χ0) is 40.8. The number of amides is 6. The maximum atomic E-state index is 13.9. The fraction of sp³-hybridized carbons (Fsp3) is 0.659. The van der Waals surface area contributed by atoms with Gasteiger partial charge in [0.25, 0.3) is 11.8 Å². The maximum Gasteiger partial charge on any atom is 0.253 e. The van der Waals surface area contributed by atoms with Crippen LogP contribution in [0.3, 0.4) is 0 Å². The van der Waals surface area contributed by atoms with Crippen molar-refractivity contribution in [3.63, 3.8) is 0 Å². The number of nitrogens with two attached hydrogens (primary N) is 1. The zero-order valence-corrected chi connectivity index (χ0v) is 34.1. The summed E-state index contributed by atoms with van der Waals surface area (Å²) in [6.45, 7) is 9.15. The Labute approximate surface area is 327 Å².